The normalized spacial score (nSPS) is 12.6. The smallest absolute Gasteiger partial charge is 0.0794 e. The minimum atomic E-state index is -2.13. The summed E-state index contributed by atoms with van der Waals surface area (Å²) in [6, 6.07) is 97.8. The van der Waals surface area contributed by atoms with Crippen molar-refractivity contribution in [1.82, 2.24) is 29.9 Å². The fourth-order valence-electron chi connectivity index (χ4n) is 12.5. The molecule has 6 nitrogen and oxygen atoms in total. The molecule has 114 heavy (non-hydrogen) atoms. The molecule has 15 heteroatoms. The Kier molecular flexibility index (Phi) is 25.8. The molecule has 0 saturated carbocycles. The average molecular weight is 2130 g/mol. The molecule has 0 aliphatic rings. The van der Waals surface area contributed by atoms with Crippen LogP contribution in [0.25, 0.3) is 128 Å². The molecule has 9 aromatic carbocycles. The summed E-state index contributed by atoms with van der Waals surface area (Å²) in [5, 5.41) is 11.8. The van der Waals surface area contributed by atoms with Crippen molar-refractivity contribution in [1.29, 1.82) is 0 Å². The second kappa shape index (κ2) is 39.2. The minimum Gasteiger partial charge on any atom is -0.304 e. The van der Waals surface area contributed by atoms with Gasteiger partial charge in [-0.15, -0.1) is 179 Å². The van der Waals surface area contributed by atoms with Crippen LogP contribution in [0, 0.1) is 77.7 Å². The molecule has 0 aliphatic heterocycles. The summed E-state index contributed by atoms with van der Waals surface area (Å²) >= 11 is 5.31. The number of fused-ring (bicyclic) bond motifs is 9. The van der Waals surface area contributed by atoms with E-state index < -0.39 is 44.8 Å². The van der Waals surface area contributed by atoms with Crippen molar-refractivity contribution >= 4 is 134 Å². The van der Waals surface area contributed by atoms with Gasteiger partial charge in [0.1, 0.15) is 0 Å². The number of rotatable bonds is 9. The van der Waals surface area contributed by atoms with E-state index in [0.29, 0.717) is 0 Å². The van der Waals surface area contributed by atoms with Crippen LogP contribution in [0.1, 0.15) is 45.7 Å². The Morgan fingerprint density at radius 3 is 0.991 bits per heavy atom. The van der Waals surface area contributed by atoms with Gasteiger partial charge in [-0.3, -0.25) is 0 Å². The van der Waals surface area contributed by atoms with Crippen molar-refractivity contribution in [2.24, 2.45) is 0 Å². The Morgan fingerprint density at radius 1 is 0.272 bits per heavy atom. The van der Waals surface area contributed by atoms with Gasteiger partial charge in [0.05, 0.1) is 24.2 Å². The van der Waals surface area contributed by atoms with Crippen LogP contribution in [0.5, 0.6) is 0 Å². The molecule has 0 unspecified atom stereocenters. The molecule has 3 radical (unpaired) electrons. The van der Waals surface area contributed by atoms with E-state index in [2.05, 4.69) is 216 Å². The third-order valence-corrected chi connectivity index (χ3v) is 28.6. The Balaban J connectivity index is 0.000000158. The standard InChI is InChI=1S/3C21H20NSSi.3C12H10N.3Ir/c1-14-11-12-18(22-13-14)17-9-5-7-15-16-8-6-10-19(24(2,3)4)21(16)23-20(15)17;1-14-8-11-19(22-13-14)18-7-5-6-17-16-10-9-15(24(2,3)4)12-20(16)23-21(17)18;1-14-8-10-19(22-13-14)17-7-5-6-16-18-12-15(24(2,3)4)9-11-20(18)23-21(16)17;3*1-10-7-8-12(13-9-10)11-5-3-2-4-6-11;;;/h5-8,10-13H,1-4H3;2*5-6,8-13H,1-4H3;3*2-5,7-9H,1H3;;;/q6*-1;;;/i3*1D3;;;;;;. The molecule has 18 aromatic rings. The predicted molar refractivity (Wildman–Crippen MR) is 487 cm³/mol. The molecule has 0 atom stereocenters. The van der Waals surface area contributed by atoms with Crippen LogP contribution in [0.4, 0.5) is 0 Å². The molecule has 0 amide bonds. The van der Waals surface area contributed by atoms with E-state index in [1.54, 1.807) is 70.4 Å². The fraction of sp³-hybridized carbons (Fsp3) is 0.152. The monoisotopic (exact) mass is 2130 g/mol. The number of hydrogen-bond acceptors (Lipinski definition) is 9. The van der Waals surface area contributed by atoms with Crippen molar-refractivity contribution in [3.05, 3.63) is 344 Å². The van der Waals surface area contributed by atoms with Crippen LogP contribution in [0.3, 0.4) is 0 Å². The van der Waals surface area contributed by atoms with Gasteiger partial charge in [-0.2, -0.15) is 34.0 Å². The molecule has 0 N–H and O–H groups in total. The van der Waals surface area contributed by atoms with Crippen LogP contribution in [-0.2, 0) is 60.3 Å². The molecule has 0 fully saturated rings. The van der Waals surface area contributed by atoms with Gasteiger partial charge in [-0.05, 0) is 156 Å². The van der Waals surface area contributed by atoms with Crippen LogP contribution in [0.2, 0.25) is 58.9 Å². The number of pyridine rings is 6. The third-order valence-electron chi connectivity index (χ3n) is 18.6. The molecule has 0 saturated heterocycles. The van der Waals surface area contributed by atoms with E-state index in [9.17, 15) is 0 Å². The second-order valence-corrected chi connectivity index (χ2v) is 48.6. The summed E-state index contributed by atoms with van der Waals surface area (Å²) in [7, 11) is -4.21. The van der Waals surface area contributed by atoms with E-state index in [4.69, 9.17) is 12.3 Å². The molecule has 0 spiro atoms. The number of aryl methyl sites for hydroxylation is 6. The molecular formula is C99H90Ir3N6S3Si3-6. The zero-order valence-corrected chi connectivity index (χ0v) is 78.0. The number of nitrogens with zero attached hydrogens (tertiary/aromatic N) is 6. The van der Waals surface area contributed by atoms with E-state index in [1.165, 1.54) is 97.3 Å². The second-order valence-electron chi connectivity index (χ2n) is 30.2. The predicted octanol–water partition coefficient (Wildman–Crippen LogP) is 25.9. The topological polar surface area (TPSA) is 77.3 Å². The van der Waals surface area contributed by atoms with E-state index >= 15 is 0 Å². The molecule has 18 rings (SSSR count). The Morgan fingerprint density at radius 2 is 0.623 bits per heavy atom. The van der Waals surface area contributed by atoms with E-state index in [0.717, 1.165) is 81.6 Å². The van der Waals surface area contributed by atoms with Crippen LogP contribution in [0.15, 0.2) is 274 Å². The quantitative estimate of drug-likeness (QED) is 0.106. The fourth-order valence-corrected chi connectivity index (χ4v) is 21.1. The van der Waals surface area contributed by atoms with E-state index in [1.807, 2.05) is 149 Å². The van der Waals surface area contributed by atoms with Crippen molar-refractivity contribution < 1.29 is 72.7 Å². The number of benzene rings is 9. The maximum atomic E-state index is 7.53. The maximum absolute atomic E-state index is 7.53. The van der Waals surface area contributed by atoms with Crippen molar-refractivity contribution in [3.8, 4) is 67.5 Å². The largest absolute Gasteiger partial charge is 0.304 e. The van der Waals surface area contributed by atoms with Crippen LogP contribution >= 0.6 is 34.0 Å². The summed E-state index contributed by atoms with van der Waals surface area (Å²) in [6.45, 7) is 21.0. The molecule has 0 bridgehead atoms. The van der Waals surface area contributed by atoms with Crippen molar-refractivity contribution in [2.75, 3.05) is 0 Å². The molecular weight excluding hydrogens is 2030 g/mol. The third kappa shape index (κ3) is 21.6. The number of aromatic nitrogens is 6. The van der Waals surface area contributed by atoms with Crippen molar-refractivity contribution in [2.45, 2.75) is 100 Å². The SMILES string of the molecule is Cc1ccc(-c2[c-]cccc2)nc1.Cc1ccc(-c2[c-]cccc2)nc1.Cc1ccc(-c2[c-]cccc2)nc1.[2H]C([2H])([2H])c1ccc(-c2[c-]ccc3c2sc2c([Si](C)(C)C)cccc23)nc1.[2H]C([2H])([2H])c1ccc(-c2[c-]ccc3c2sc2cc([Si](C)(C)C)ccc23)nc1.[2H]C([2H])([2H])c1ccc(-c2[c-]ccc3c2sc2ccc([Si](C)(C)C)cc23)nc1.[Ir].[Ir].[Ir]. The molecule has 9 aromatic heterocycles. The van der Waals surface area contributed by atoms with Gasteiger partial charge in [0.25, 0.3) is 0 Å². The molecule has 579 valence electrons. The van der Waals surface area contributed by atoms with Crippen molar-refractivity contribution in [3.63, 3.8) is 0 Å². The van der Waals surface area contributed by atoms with Gasteiger partial charge >= 0.3 is 0 Å². The van der Waals surface area contributed by atoms with Crippen LogP contribution < -0.4 is 15.6 Å². The van der Waals surface area contributed by atoms with Gasteiger partial charge < -0.3 is 29.9 Å². The summed E-state index contributed by atoms with van der Waals surface area (Å²) < 4.78 is 75.0. The minimum absolute atomic E-state index is 0. The summed E-state index contributed by atoms with van der Waals surface area (Å²) in [4.78, 5) is 26.2. The number of hydrogen-bond donors (Lipinski definition) is 0. The zero-order valence-electron chi connectivity index (χ0n) is 74.4. The van der Waals surface area contributed by atoms with E-state index in [-0.39, 0.29) is 77.0 Å². The average Bonchev–Trinajstić information content (AvgIpc) is 1.62. The first kappa shape index (κ1) is 75.2. The van der Waals surface area contributed by atoms with Gasteiger partial charge in [0.2, 0.25) is 0 Å². The first-order valence-corrected chi connectivity index (χ1v) is 49.7. The van der Waals surface area contributed by atoms with Gasteiger partial charge in [-0.1, -0.05) is 201 Å². The Hall–Kier alpha value is -8.86. The molecule has 0 aliphatic carbocycles. The van der Waals surface area contributed by atoms with Gasteiger partial charge in [-0.25, -0.2) is 0 Å². The Labute approximate surface area is 741 Å². The first-order chi connectivity index (χ1) is 57.0. The Bertz CT molecular complexity index is 6270. The zero-order chi connectivity index (χ0) is 85.5. The number of thiophene rings is 3. The summed E-state index contributed by atoms with van der Waals surface area (Å²) in [5.41, 5.74) is 15.5. The first-order valence-electron chi connectivity index (χ1n) is 41.2. The van der Waals surface area contributed by atoms with Crippen LogP contribution in [-0.4, -0.2) is 54.1 Å². The summed E-state index contributed by atoms with van der Waals surface area (Å²) in [6.07, 6.45) is 9.97. The summed E-state index contributed by atoms with van der Waals surface area (Å²) in [5.74, 6) is 0. The van der Waals surface area contributed by atoms with Gasteiger partial charge in [0.15, 0.2) is 0 Å². The molecule has 9 heterocycles. The maximum Gasteiger partial charge on any atom is 0.0794 e. The van der Waals surface area contributed by atoms with Gasteiger partial charge in [0, 0.05) is 124 Å².